The molecular weight excluding hydrogens is 498 g/mol. The normalized spacial score (nSPS) is 23.6. The molecule has 2 aromatic heterocycles. The van der Waals surface area contributed by atoms with Crippen molar-refractivity contribution in [2.45, 2.75) is 50.2 Å². The Labute approximate surface area is 194 Å². The van der Waals surface area contributed by atoms with Crippen molar-refractivity contribution in [2.24, 2.45) is 5.73 Å². The number of unbranched alkanes of at least 4 members (excludes halogenated alkanes) is 3. The maximum absolute atomic E-state index is 11.4. The summed E-state index contributed by atoms with van der Waals surface area (Å²) in [7, 11) is -10.0. The first kappa shape index (κ1) is 27.0. The third-order valence-electron chi connectivity index (χ3n) is 5.03. The van der Waals surface area contributed by atoms with Gasteiger partial charge in [-0.15, -0.1) is 0 Å². The second-order valence-electron chi connectivity index (χ2n) is 7.58. The molecule has 0 saturated carbocycles. The number of imidazole rings is 1. The van der Waals surface area contributed by atoms with Crippen LogP contribution in [0.15, 0.2) is 12.7 Å². The summed E-state index contributed by atoms with van der Waals surface area (Å²) in [6.07, 6.45) is 0.375. The van der Waals surface area contributed by atoms with Gasteiger partial charge in [0.05, 0.1) is 12.9 Å². The number of nitrogens with one attached hydrogen (secondary N) is 1. The standard InChI is InChI=1S/C16H28N6O10P2/c17-5-3-1-2-4-6-18-14-11-15(20-8-19-14)22(9-21-11)16-12(23)13(32-34(27,28)29)10(31-16)7-30-33(24,25)26/h8-10,12-13,16,23H,1-7,17H2,(H,18,19,20)(H2,24,25,26)(H2,27,28,29)/t10-,12-,13-,16-/m1/s1. The minimum absolute atomic E-state index is 0.246. The van der Waals surface area contributed by atoms with Crippen LogP contribution in [0, 0.1) is 0 Å². The number of nitrogens with two attached hydrogens (primary N) is 1. The lowest BCUT2D eigenvalue weighted by molar-refractivity contribution is -0.0502. The molecule has 0 amide bonds. The van der Waals surface area contributed by atoms with Gasteiger partial charge in [0, 0.05) is 6.54 Å². The van der Waals surface area contributed by atoms with E-state index in [2.05, 4.69) is 29.3 Å². The maximum atomic E-state index is 11.4. The molecule has 0 bridgehead atoms. The van der Waals surface area contributed by atoms with Crippen molar-refractivity contribution in [3.05, 3.63) is 12.7 Å². The van der Waals surface area contributed by atoms with Crippen molar-refractivity contribution < 1.29 is 47.6 Å². The van der Waals surface area contributed by atoms with Crippen LogP contribution in [-0.4, -0.2) is 82.2 Å². The molecule has 192 valence electrons. The molecule has 2 aromatic rings. The summed E-state index contributed by atoms with van der Waals surface area (Å²) in [6.45, 7) is 0.478. The number of phosphoric ester groups is 2. The Morgan fingerprint density at radius 1 is 1.09 bits per heavy atom. The zero-order chi connectivity index (χ0) is 24.9. The summed E-state index contributed by atoms with van der Waals surface area (Å²) in [5.41, 5.74) is 6.09. The third-order valence-corrected chi connectivity index (χ3v) is 6.04. The van der Waals surface area contributed by atoms with Crippen molar-refractivity contribution in [2.75, 3.05) is 25.0 Å². The number of aliphatic hydroxyl groups excluding tert-OH is 1. The molecule has 1 aliphatic rings. The molecule has 1 aliphatic heterocycles. The van der Waals surface area contributed by atoms with E-state index in [1.807, 2.05) is 0 Å². The predicted molar refractivity (Wildman–Crippen MR) is 116 cm³/mol. The van der Waals surface area contributed by atoms with Gasteiger partial charge in [-0.2, -0.15) is 0 Å². The first-order valence-corrected chi connectivity index (χ1v) is 13.5. The molecule has 3 rings (SSSR count). The van der Waals surface area contributed by atoms with Crippen molar-refractivity contribution in [3.8, 4) is 0 Å². The predicted octanol–water partition coefficient (Wildman–Crippen LogP) is -0.397. The van der Waals surface area contributed by atoms with Gasteiger partial charge >= 0.3 is 15.6 Å². The number of aliphatic hydroxyl groups is 1. The van der Waals surface area contributed by atoms with E-state index in [1.54, 1.807) is 0 Å². The van der Waals surface area contributed by atoms with Crippen molar-refractivity contribution in [3.63, 3.8) is 0 Å². The van der Waals surface area contributed by atoms with Crippen LogP contribution >= 0.6 is 15.6 Å². The van der Waals surface area contributed by atoms with E-state index in [1.165, 1.54) is 17.2 Å². The summed E-state index contributed by atoms with van der Waals surface area (Å²) in [5, 5.41) is 13.9. The van der Waals surface area contributed by atoms with Gasteiger partial charge in [0.25, 0.3) is 0 Å². The molecule has 1 fully saturated rings. The Kier molecular flexibility index (Phi) is 9.11. The average Bonchev–Trinajstić information content (AvgIpc) is 3.29. The van der Waals surface area contributed by atoms with E-state index in [0.29, 0.717) is 24.4 Å². The van der Waals surface area contributed by atoms with Crippen LogP contribution in [0.25, 0.3) is 11.2 Å². The number of anilines is 1. The Morgan fingerprint density at radius 2 is 1.82 bits per heavy atom. The number of aromatic nitrogens is 4. The van der Waals surface area contributed by atoms with Crippen LogP contribution in [0.1, 0.15) is 31.9 Å². The largest absolute Gasteiger partial charge is 0.470 e. The molecule has 8 N–H and O–H groups in total. The summed E-state index contributed by atoms with van der Waals surface area (Å²) in [5.74, 6) is 0.444. The Balaban J connectivity index is 1.78. The first-order chi connectivity index (χ1) is 16.0. The highest BCUT2D eigenvalue weighted by molar-refractivity contribution is 7.46. The van der Waals surface area contributed by atoms with E-state index >= 15 is 0 Å². The zero-order valence-electron chi connectivity index (χ0n) is 18.0. The maximum Gasteiger partial charge on any atom is 0.470 e. The summed E-state index contributed by atoms with van der Waals surface area (Å²) < 4.78 is 38.3. The van der Waals surface area contributed by atoms with Crippen LogP contribution in [0.3, 0.4) is 0 Å². The lowest BCUT2D eigenvalue weighted by Crippen LogP contribution is -2.35. The quantitative estimate of drug-likeness (QED) is 0.130. The van der Waals surface area contributed by atoms with Crippen LogP contribution in [0.4, 0.5) is 5.82 Å². The summed E-state index contributed by atoms with van der Waals surface area (Å²) >= 11 is 0. The highest BCUT2D eigenvalue weighted by Crippen LogP contribution is 2.45. The molecule has 18 heteroatoms. The van der Waals surface area contributed by atoms with Crippen LogP contribution in [0.5, 0.6) is 0 Å². The number of hydrogen-bond donors (Lipinski definition) is 7. The number of fused-ring (bicyclic) bond motifs is 1. The fraction of sp³-hybridized carbons (Fsp3) is 0.688. The molecule has 0 spiro atoms. The van der Waals surface area contributed by atoms with E-state index in [4.69, 9.17) is 20.3 Å². The van der Waals surface area contributed by atoms with Crippen LogP contribution < -0.4 is 11.1 Å². The van der Waals surface area contributed by atoms with Gasteiger partial charge in [0.1, 0.15) is 24.6 Å². The smallest absolute Gasteiger partial charge is 0.386 e. The molecular formula is C16H28N6O10P2. The Hall–Kier alpha value is -1.55. The third kappa shape index (κ3) is 7.23. The fourth-order valence-corrected chi connectivity index (χ4v) is 4.46. The molecule has 0 unspecified atom stereocenters. The lowest BCUT2D eigenvalue weighted by Gasteiger charge is -2.20. The Morgan fingerprint density at radius 3 is 2.50 bits per heavy atom. The summed E-state index contributed by atoms with van der Waals surface area (Å²) in [4.78, 5) is 48.9. The van der Waals surface area contributed by atoms with E-state index in [9.17, 15) is 24.0 Å². The minimum atomic E-state index is -5.09. The van der Waals surface area contributed by atoms with Gasteiger partial charge in [0.15, 0.2) is 23.2 Å². The van der Waals surface area contributed by atoms with E-state index < -0.39 is 46.8 Å². The van der Waals surface area contributed by atoms with Gasteiger partial charge in [-0.05, 0) is 19.4 Å². The van der Waals surface area contributed by atoms with E-state index in [0.717, 1.165) is 25.7 Å². The first-order valence-electron chi connectivity index (χ1n) is 10.4. The molecule has 3 heterocycles. The van der Waals surface area contributed by atoms with E-state index in [-0.39, 0.29) is 5.65 Å². The van der Waals surface area contributed by atoms with Crippen molar-refractivity contribution in [1.82, 2.24) is 19.5 Å². The number of nitrogens with zero attached hydrogens (tertiary/aromatic N) is 4. The van der Waals surface area contributed by atoms with Crippen molar-refractivity contribution in [1.29, 1.82) is 0 Å². The highest BCUT2D eigenvalue weighted by atomic mass is 31.2. The molecule has 34 heavy (non-hydrogen) atoms. The average molecular weight is 526 g/mol. The van der Waals surface area contributed by atoms with Gasteiger partial charge in [-0.3, -0.25) is 13.6 Å². The molecule has 16 nitrogen and oxygen atoms in total. The molecule has 0 aromatic carbocycles. The van der Waals surface area contributed by atoms with Crippen LogP contribution in [-0.2, 0) is 22.9 Å². The number of phosphoric acid groups is 2. The Bertz CT molecular complexity index is 1040. The molecule has 4 atom stereocenters. The summed E-state index contributed by atoms with van der Waals surface area (Å²) in [6, 6.07) is 0. The molecule has 0 radical (unpaired) electrons. The topological polar surface area (TPSA) is 245 Å². The van der Waals surface area contributed by atoms with Gasteiger partial charge in [-0.1, -0.05) is 12.8 Å². The number of rotatable bonds is 13. The van der Waals surface area contributed by atoms with Gasteiger partial charge in [-0.25, -0.2) is 24.1 Å². The minimum Gasteiger partial charge on any atom is -0.386 e. The van der Waals surface area contributed by atoms with Gasteiger partial charge < -0.3 is 40.5 Å². The fourth-order valence-electron chi connectivity index (χ4n) is 3.54. The number of ether oxygens (including phenoxy) is 1. The lowest BCUT2D eigenvalue weighted by atomic mass is 10.1. The number of hydrogen-bond acceptors (Lipinski definition) is 11. The molecule has 0 aliphatic carbocycles. The van der Waals surface area contributed by atoms with Crippen LogP contribution in [0.2, 0.25) is 0 Å². The molecule has 1 saturated heterocycles. The SMILES string of the molecule is NCCCCCCNc1ncnc2c1ncn2[C@@H]1O[C@H](COP(=O)(O)O)[C@@H](OP(=O)(O)O)[C@H]1O. The second-order valence-corrected chi connectivity index (χ2v) is 10.0. The van der Waals surface area contributed by atoms with Gasteiger partial charge in [0.2, 0.25) is 0 Å². The zero-order valence-corrected chi connectivity index (χ0v) is 19.7. The van der Waals surface area contributed by atoms with Crippen molar-refractivity contribution >= 4 is 32.6 Å². The second kappa shape index (κ2) is 11.5. The monoisotopic (exact) mass is 526 g/mol. The highest BCUT2D eigenvalue weighted by Gasteiger charge is 2.49.